The third-order valence-corrected chi connectivity index (χ3v) is 2.90. The zero-order chi connectivity index (χ0) is 14.4. The van der Waals surface area contributed by atoms with Gasteiger partial charge in [-0.15, -0.1) is 0 Å². The van der Waals surface area contributed by atoms with Gasteiger partial charge in [0, 0.05) is 6.42 Å². The Kier molecular flexibility index (Phi) is 5.60. The van der Waals surface area contributed by atoms with Gasteiger partial charge in [0.1, 0.15) is 0 Å². The van der Waals surface area contributed by atoms with E-state index in [1.165, 1.54) is 0 Å². The summed E-state index contributed by atoms with van der Waals surface area (Å²) in [5.74, 6) is -0.0774. The normalized spacial score (nSPS) is 10.7. The van der Waals surface area contributed by atoms with E-state index in [9.17, 15) is 9.59 Å². The second-order valence-electron chi connectivity index (χ2n) is 4.76. The lowest BCUT2D eigenvalue weighted by Crippen LogP contribution is -2.05. The van der Waals surface area contributed by atoms with E-state index in [1.807, 2.05) is 0 Å². The minimum atomic E-state index is -0.781. The van der Waals surface area contributed by atoms with Crippen LogP contribution in [0.3, 0.4) is 0 Å². The van der Waals surface area contributed by atoms with E-state index in [1.54, 1.807) is 6.92 Å². The molecule has 0 unspecified atom stereocenters. The number of ether oxygens (including phenoxy) is 1. The molecule has 0 atom stereocenters. The fourth-order valence-electron chi connectivity index (χ4n) is 1.47. The second-order valence-corrected chi connectivity index (χ2v) is 4.76. The number of carbonyl (C=O) groups is 1. The van der Waals surface area contributed by atoms with Crippen molar-refractivity contribution in [3.05, 3.63) is 34.3 Å². The van der Waals surface area contributed by atoms with Crippen LogP contribution in [0.2, 0.25) is 0 Å². The van der Waals surface area contributed by atoms with Crippen molar-refractivity contribution in [1.82, 2.24) is 0 Å². The number of hydrogen-bond acceptors (Lipinski definition) is 5. The molecule has 1 heterocycles. The number of rotatable bonds is 7. The highest BCUT2D eigenvalue weighted by Gasteiger charge is 2.11. The molecule has 5 heteroatoms. The summed E-state index contributed by atoms with van der Waals surface area (Å²) in [5, 5.41) is 0. The molecule has 1 aromatic heterocycles. The van der Waals surface area contributed by atoms with Gasteiger partial charge in [-0.3, -0.25) is 4.79 Å². The molecule has 0 fully saturated rings. The Morgan fingerprint density at radius 2 is 2.00 bits per heavy atom. The maximum absolute atomic E-state index is 11.5. The number of aryl methyl sites for hydroxylation is 1. The van der Waals surface area contributed by atoms with Crippen LogP contribution in [-0.2, 0) is 16.1 Å². The van der Waals surface area contributed by atoms with E-state index in [2.05, 4.69) is 24.8 Å². The lowest BCUT2D eigenvalue weighted by atomic mass is 10.00. The highest BCUT2D eigenvalue weighted by molar-refractivity contribution is 5.69. The number of esters is 1. The van der Waals surface area contributed by atoms with Crippen molar-refractivity contribution >= 4 is 5.97 Å². The molecular formula is C14H20O5. The average Bonchev–Trinajstić information content (AvgIpc) is 2.65. The predicted molar refractivity (Wildman–Crippen MR) is 69.6 cm³/mol. The molecule has 106 valence electrons. The summed E-state index contributed by atoms with van der Waals surface area (Å²) in [4.78, 5) is 22.3. The van der Waals surface area contributed by atoms with Crippen LogP contribution in [0.1, 0.15) is 44.6 Å². The van der Waals surface area contributed by atoms with Crippen molar-refractivity contribution < 1.29 is 18.4 Å². The van der Waals surface area contributed by atoms with Crippen LogP contribution in [0.15, 0.2) is 25.8 Å². The molecule has 5 nitrogen and oxygen atoms in total. The maximum Gasteiger partial charge on any atom is 0.519 e. The third kappa shape index (κ3) is 5.16. The van der Waals surface area contributed by atoms with Gasteiger partial charge in [-0.1, -0.05) is 26.0 Å². The largest absolute Gasteiger partial charge is 0.519 e. The van der Waals surface area contributed by atoms with Crippen LogP contribution in [0.4, 0.5) is 0 Å². The van der Waals surface area contributed by atoms with E-state index in [0.717, 1.165) is 12.0 Å². The van der Waals surface area contributed by atoms with Crippen LogP contribution in [-0.4, -0.2) is 5.97 Å². The standard InChI is InChI=1S/C14H20O5/c1-9(2)10(3)6-5-7-13(15)17-8-12-11(4)18-14(16)19-12/h9H,3,5-8H2,1-2,4H3. The molecule has 1 aromatic rings. The van der Waals surface area contributed by atoms with E-state index in [-0.39, 0.29) is 18.3 Å². The van der Waals surface area contributed by atoms with Crippen molar-refractivity contribution in [2.45, 2.75) is 46.6 Å². The third-order valence-electron chi connectivity index (χ3n) is 2.90. The molecule has 0 radical (unpaired) electrons. The number of carbonyl (C=O) groups excluding carboxylic acids is 1. The van der Waals surface area contributed by atoms with Crippen molar-refractivity contribution in [2.75, 3.05) is 0 Å². The van der Waals surface area contributed by atoms with Gasteiger partial charge < -0.3 is 13.6 Å². The minimum Gasteiger partial charge on any atom is -0.457 e. The first-order valence-electron chi connectivity index (χ1n) is 6.33. The Balaban J connectivity index is 2.27. The lowest BCUT2D eigenvalue weighted by molar-refractivity contribution is -0.145. The molecule has 1 rings (SSSR count). The van der Waals surface area contributed by atoms with Crippen LogP contribution in [0.25, 0.3) is 0 Å². The van der Waals surface area contributed by atoms with E-state index in [0.29, 0.717) is 24.5 Å². The minimum absolute atomic E-state index is 0.0679. The molecule has 0 aromatic carbocycles. The fourth-order valence-corrected chi connectivity index (χ4v) is 1.47. The quantitative estimate of drug-likeness (QED) is 0.561. The molecule has 0 spiro atoms. The monoisotopic (exact) mass is 268 g/mol. The molecule has 0 saturated heterocycles. The number of allylic oxidation sites excluding steroid dienone is 1. The van der Waals surface area contributed by atoms with Gasteiger partial charge in [-0.2, -0.15) is 0 Å². The summed E-state index contributed by atoms with van der Waals surface area (Å²) in [6, 6.07) is 0. The highest BCUT2D eigenvalue weighted by Crippen LogP contribution is 2.15. The fraction of sp³-hybridized carbons (Fsp3) is 0.571. The Labute approximate surface area is 112 Å². The molecule has 0 N–H and O–H groups in total. The van der Waals surface area contributed by atoms with Gasteiger partial charge in [-0.25, -0.2) is 4.79 Å². The number of hydrogen-bond donors (Lipinski definition) is 0. The van der Waals surface area contributed by atoms with Crippen LogP contribution in [0, 0.1) is 12.8 Å². The first-order valence-corrected chi connectivity index (χ1v) is 6.33. The van der Waals surface area contributed by atoms with E-state index >= 15 is 0 Å². The zero-order valence-electron chi connectivity index (χ0n) is 11.7. The van der Waals surface area contributed by atoms with E-state index in [4.69, 9.17) is 9.15 Å². The zero-order valence-corrected chi connectivity index (χ0v) is 11.7. The summed E-state index contributed by atoms with van der Waals surface area (Å²) in [6.07, 6.45) is 1.85. The summed E-state index contributed by atoms with van der Waals surface area (Å²) >= 11 is 0. The maximum atomic E-state index is 11.5. The van der Waals surface area contributed by atoms with Crippen LogP contribution in [0.5, 0.6) is 0 Å². The first-order chi connectivity index (χ1) is 8.90. The molecule has 0 amide bonds. The lowest BCUT2D eigenvalue weighted by Gasteiger charge is -2.08. The van der Waals surface area contributed by atoms with Crippen molar-refractivity contribution in [1.29, 1.82) is 0 Å². The Bertz CT molecular complexity index is 492. The smallest absolute Gasteiger partial charge is 0.457 e. The molecule has 19 heavy (non-hydrogen) atoms. The molecule has 0 bridgehead atoms. The average molecular weight is 268 g/mol. The highest BCUT2D eigenvalue weighted by atomic mass is 16.6. The Morgan fingerprint density at radius 3 is 2.53 bits per heavy atom. The summed E-state index contributed by atoms with van der Waals surface area (Å²) in [5.41, 5.74) is 1.13. The van der Waals surface area contributed by atoms with Gasteiger partial charge in [0.15, 0.2) is 18.1 Å². The second kappa shape index (κ2) is 6.97. The topological polar surface area (TPSA) is 69.7 Å². The SMILES string of the molecule is C=C(CCCC(=O)OCc1oc(=O)oc1C)C(C)C. The molecular weight excluding hydrogens is 248 g/mol. The van der Waals surface area contributed by atoms with E-state index < -0.39 is 5.82 Å². The molecule has 0 aliphatic rings. The molecule has 0 saturated carbocycles. The van der Waals surface area contributed by atoms with Gasteiger partial charge in [0.2, 0.25) is 0 Å². The molecule has 0 aliphatic carbocycles. The van der Waals surface area contributed by atoms with Gasteiger partial charge in [0.05, 0.1) is 0 Å². The first kappa shape index (κ1) is 15.3. The summed E-state index contributed by atoms with van der Waals surface area (Å²) in [6.45, 7) is 9.61. The van der Waals surface area contributed by atoms with Gasteiger partial charge >= 0.3 is 11.8 Å². The predicted octanol–water partition coefficient (Wildman–Crippen LogP) is 2.97. The van der Waals surface area contributed by atoms with Gasteiger partial charge in [-0.05, 0) is 25.7 Å². The Morgan fingerprint density at radius 1 is 1.32 bits per heavy atom. The van der Waals surface area contributed by atoms with Crippen molar-refractivity contribution in [3.63, 3.8) is 0 Å². The van der Waals surface area contributed by atoms with Crippen LogP contribution < -0.4 is 5.82 Å². The summed E-state index contributed by atoms with van der Waals surface area (Å²) in [7, 11) is 0. The molecule has 0 aliphatic heterocycles. The van der Waals surface area contributed by atoms with Crippen molar-refractivity contribution in [2.24, 2.45) is 5.92 Å². The Hall–Kier alpha value is -1.78. The van der Waals surface area contributed by atoms with Crippen molar-refractivity contribution in [3.8, 4) is 0 Å². The van der Waals surface area contributed by atoms with Crippen LogP contribution >= 0.6 is 0 Å². The van der Waals surface area contributed by atoms with Gasteiger partial charge in [0.25, 0.3) is 0 Å². The summed E-state index contributed by atoms with van der Waals surface area (Å²) < 4.78 is 14.4.